The van der Waals surface area contributed by atoms with Gasteiger partial charge in [-0.15, -0.1) is 0 Å². The van der Waals surface area contributed by atoms with Crippen LogP contribution in [-0.2, 0) is 9.59 Å². The third kappa shape index (κ3) is 8.64. The molecule has 2 aliphatic carbocycles. The van der Waals surface area contributed by atoms with Crippen LogP contribution in [0.1, 0.15) is 141 Å². The average molecular weight is 541 g/mol. The van der Waals surface area contributed by atoms with Gasteiger partial charge in [0.2, 0.25) is 5.91 Å². The van der Waals surface area contributed by atoms with Crippen LogP contribution in [0.3, 0.4) is 0 Å². The number of nitrogens with two attached hydrogens (primary N) is 2. The van der Waals surface area contributed by atoms with Crippen molar-refractivity contribution in [1.29, 1.82) is 0 Å². The van der Waals surface area contributed by atoms with Crippen molar-refractivity contribution in [3.63, 3.8) is 0 Å². The molecule has 0 heterocycles. The van der Waals surface area contributed by atoms with Crippen molar-refractivity contribution >= 4 is 11.8 Å². The molecule has 8 nitrogen and oxygen atoms in total. The highest BCUT2D eigenvalue weighted by molar-refractivity contribution is 5.86. The lowest BCUT2D eigenvalue weighted by Crippen LogP contribution is -2.75. The van der Waals surface area contributed by atoms with E-state index in [9.17, 15) is 30.0 Å². The first-order chi connectivity index (χ1) is 18.2. The van der Waals surface area contributed by atoms with Crippen LogP contribution in [-0.4, -0.2) is 55.7 Å². The van der Waals surface area contributed by atoms with E-state index in [-0.39, 0.29) is 0 Å². The van der Waals surface area contributed by atoms with Gasteiger partial charge in [-0.2, -0.15) is 0 Å². The maximum atomic E-state index is 13.3. The molecule has 2 saturated carbocycles. The molecule has 8 heteroatoms. The number of rotatable bonds is 7. The highest BCUT2D eigenvalue weighted by Crippen LogP contribution is 2.47. The monoisotopic (exact) mass is 540 g/mol. The van der Waals surface area contributed by atoms with Crippen LogP contribution in [0.4, 0.5) is 0 Å². The van der Waals surface area contributed by atoms with Gasteiger partial charge in [0, 0.05) is 0 Å². The number of amides is 2. The fourth-order valence-electron chi connectivity index (χ4n) is 7.08. The van der Waals surface area contributed by atoms with Gasteiger partial charge in [0.25, 0.3) is 5.91 Å². The molecule has 0 aromatic heterocycles. The first-order valence-electron chi connectivity index (χ1n) is 15.6. The van der Waals surface area contributed by atoms with E-state index >= 15 is 0 Å². The molecule has 2 aliphatic rings. The van der Waals surface area contributed by atoms with E-state index in [1.54, 1.807) is 0 Å². The molecule has 2 amide bonds. The number of hydrogen-bond donors (Lipinski definition) is 6. The summed E-state index contributed by atoms with van der Waals surface area (Å²) in [6.07, 6.45) is 15.6. The maximum absolute atomic E-state index is 13.3. The Morgan fingerprint density at radius 2 is 0.842 bits per heavy atom. The van der Waals surface area contributed by atoms with Gasteiger partial charge in [-0.1, -0.05) is 116 Å². The zero-order valence-electron chi connectivity index (χ0n) is 23.6. The van der Waals surface area contributed by atoms with E-state index in [1.165, 1.54) is 12.8 Å². The Morgan fingerprint density at radius 1 is 0.553 bits per heavy atom. The summed E-state index contributed by atoms with van der Waals surface area (Å²) in [6, 6.07) is 0. The van der Waals surface area contributed by atoms with Crippen molar-refractivity contribution in [3.8, 4) is 0 Å². The third-order valence-corrected chi connectivity index (χ3v) is 9.45. The second kappa shape index (κ2) is 16.8. The van der Waals surface area contributed by atoms with Gasteiger partial charge >= 0.3 is 0 Å². The van der Waals surface area contributed by atoms with Crippen LogP contribution in [0, 0.1) is 11.8 Å². The molecule has 4 atom stereocenters. The molecule has 0 aromatic carbocycles. The minimum atomic E-state index is -2.52. The maximum Gasteiger partial charge on any atom is 0.252 e. The molecule has 0 radical (unpaired) electrons. The van der Waals surface area contributed by atoms with Crippen molar-refractivity contribution in [2.45, 2.75) is 165 Å². The summed E-state index contributed by atoms with van der Waals surface area (Å²) >= 11 is 0. The van der Waals surface area contributed by atoms with Crippen LogP contribution in [0.15, 0.2) is 0 Å². The van der Waals surface area contributed by atoms with Gasteiger partial charge in [0.1, 0.15) is 11.7 Å². The Balaban J connectivity index is 2.53. The predicted molar refractivity (Wildman–Crippen MR) is 149 cm³/mol. The number of hydrogen-bond acceptors (Lipinski definition) is 6. The van der Waals surface area contributed by atoms with Gasteiger partial charge < -0.3 is 31.9 Å². The van der Waals surface area contributed by atoms with Crippen LogP contribution < -0.4 is 11.5 Å². The van der Waals surface area contributed by atoms with E-state index < -0.39 is 47.1 Å². The Bertz CT molecular complexity index is 682. The Morgan fingerprint density at radius 3 is 1.13 bits per heavy atom. The number of aliphatic hydroxyl groups is 4. The molecule has 0 spiro atoms. The summed E-state index contributed by atoms with van der Waals surface area (Å²) in [7, 11) is 0. The molecule has 2 rings (SSSR count). The fourth-order valence-corrected chi connectivity index (χ4v) is 7.08. The predicted octanol–water partition coefficient (Wildman–Crippen LogP) is 3.98. The Hall–Kier alpha value is -1.22. The van der Waals surface area contributed by atoms with Crippen molar-refractivity contribution in [2.24, 2.45) is 23.3 Å². The molecule has 8 N–H and O–H groups in total. The first-order valence-corrected chi connectivity index (χ1v) is 15.6. The van der Waals surface area contributed by atoms with Crippen molar-refractivity contribution in [1.82, 2.24) is 0 Å². The van der Waals surface area contributed by atoms with Gasteiger partial charge in [0.05, 0.1) is 0 Å². The summed E-state index contributed by atoms with van der Waals surface area (Å²) in [6.45, 7) is 0. The van der Waals surface area contributed by atoms with Crippen LogP contribution >= 0.6 is 0 Å². The smallest absolute Gasteiger partial charge is 0.252 e. The second-order valence-electron chi connectivity index (χ2n) is 12.2. The topological polar surface area (TPSA) is 167 Å². The van der Waals surface area contributed by atoms with E-state index in [2.05, 4.69) is 0 Å². The van der Waals surface area contributed by atoms with E-state index in [0.29, 0.717) is 25.7 Å². The van der Waals surface area contributed by atoms with Crippen molar-refractivity contribution < 1.29 is 30.0 Å². The van der Waals surface area contributed by atoms with E-state index in [4.69, 9.17) is 11.5 Å². The SMILES string of the molecule is NC(=O)C(O)C(O)C(O)(C1CCCCCCCCCCC1)C(O)(C(N)=O)C1CCCCCCCCCCC1. The quantitative estimate of drug-likeness (QED) is 0.285. The summed E-state index contributed by atoms with van der Waals surface area (Å²) < 4.78 is 0. The minimum Gasteiger partial charge on any atom is -0.387 e. The molecule has 0 bridgehead atoms. The lowest BCUT2D eigenvalue weighted by Gasteiger charge is -2.53. The van der Waals surface area contributed by atoms with E-state index in [0.717, 1.165) is 103 Å². The molecular weight excluding hydrogens is 484 g/mol. The summed E-state index contributed by atoms with van der Waals surface area (Å²) in [5.41, 5.74) is 6.26. The Labute approximate surface area is 229 Å². The highest BCUT2D eigenvalue weighted by Gasteiger charge is 2.65. The number of carbonyl (C=O) groups excluding carboxylic acids is 2. The average Bonchev–Trinajstić information content (AvgIpc) is 2.87. The van der Waals surface area contributed by atoms with Crippen LogP contribution in [0.5, 0.6) is 0 Å². The molecular formula is C30H56N2O6. The Kier molecular flexibility index (Phi) is 14.6. The summed E-state index contributed by atoms with van der Waals surface area (Å²) in [4.78, 5) is 25.3. The zero-order valence-corrected chi connectivity index (χ0v) is 23.6. The molecule has 0 aromatic rings. The fraction of sp³-hybridized carbons (Fsp3) is 0.933. The molecule has 0 aliphatic heterocycles. The van der Waals surface area contributed by atoms with Crippen molar-refractivity contribution in [2.75, 3.05) is 0 Å². The number of aliphatic hydroxyl groups excluding tert-OH is 2. The summed E-state index contributed by atoms with van der Waals surface area (Å²) in [5.74, 6) is -3.76. The van der Waals surface area contributed by atoms with Crippen molar-refractivity contribution in [3.05, 3.63) is 0 Å². The lowest BCUT2D eigenvalue weighted by molar-refractivity contribution is -0.258. The largest absolute Gasteiger partial charge is 0.387 e. The zero-order chi connectivity index (χ0) is 28.0. The number of carbonyl (C=O) groups is 2. The van der Waals surface area contributed by atoms with Gasteiger partial charge in [-0.05, 0) is 37.5 Å². The highest BCUT2D eigenvalue weighted by atomic mass is 16.4. The van der Waals surface area contributed by atoms with Gasteiger partial charge in [-0.25, -0.2) is 0 Å². The molecule has 38 heavy (non-hydrogen) atoms. The minimum absolute atomic E-state index is 0.446. The lowest BCUT2D eigenvalue weighted by atomic mass is 9.59. The molecule has 4 unspecified atom stereocenters. The van der Waals surface area contributed by atoms with Crippen LogP contribution in [0.2, 0.25) is 0 Å². The van der Waals surface area contributed by atoms with Gasteiger partial charge in [0.15, 0.2) is 11.7 Å². The molecule has 222 valence electrons. The normalized spacial score (nSPS) is 26.1. The molecule has 2 fully saturated rings. The van der Waals surface area contributed by atoms with E-state index in [1.807, 2.05) is 0 Å². The second-order valence-corrected chi connectivity index (χ2v) is 12.2. The standard InChI is InChI=1S/C30H56N2O6/c31-27(35)25(33)26(34)29(37,23-19-15-11-7-3-1-4-8-12-16-20-23)30(38,28(32)36)24-21-17-13-9-5-2-6-10-14-18-22-24/h23-26,33-34,37-38H,1-22H2,(H2,31,35)(H2,32,36). The first kappa shape index (κ1) is 33.0. The summed E-state index contributed by atoms with van der Waals surface area (Å²) in [5, 5.41) is 46.8. The molecule has 0 saturated heterocycles. The van der Waals surface area contributed by atoms with Crippen LogP contribution in [0.25, 0.3) is 0 Å². The number of primary amides is 2. The van der Waals surface area contributed by atoms with Gasteiger partial charge in [-0.3, -0.25) is 9.59 Å². The third-order valence-electron chi connectivity index (χ3n) is 9.45.